The van der Waals surface area contributed by atoms with Crippen LogP contribution in [-0.2, 0) is 0 Å². The van der Waals surface area contributed by atoms with Gasteiger partial charge in [-0.05, 0) is 98.6 Å². The van der Waals surface area contributed by atoms with E-state index in [0.717, 1.165) is 28.3 Å². The predicted octanol–water partition coefficient (Wildman–Crippen LogP) is 16.6. The molecule has 0 aliphatic carbocycles. The molecule has 1 aromatic heterocycles. The Bertz CT molecular complexity index is 3300. The number of hydrogen-bond donors (Lipinski definition) is 0. The Labute approximate surface area is 362 Å². The van der Waals surface area contributed by atoms with Crippen LogP contribution in [0.1, 0.15) is 0 Å². The molecule has 0 aliphatic rings. The Morgan fingerprint density at radius 1 is 0.258 bits per heavy atom. The molecule has 11 rings (SSSR count). The second-order valence-electron chi connectivity index (χ2n) is 15.7. The van der Waals surface area contributed by atoms with Gasteiger partial charge in [0.2, 0.25) is 0 Å². The van der Waals surface area contributed by atoms with E-state index in [1.807, 2.05) is 0 Å². The molecule has 0 bridgehead atoms. The molecule has 10 aromatic carbocycles. The number of hydrogen-bond acceptors (Lipinski definition) is 1. The zero-order chi connectivity index (χ0) is 41.2. The molecule has 0 fully saturated rings. The van der Waals surface area contributed by atoms with E-state index in [9.17, 15) is 0 Å². The van der Waals surface area contributed by atoms with E-state index in [1.165, 1.54) is 71.9 Å². The fourth-order valence-electron chi connectivity index (χ4n) is 9.13. The lowest BCUT2D eigenvalue weighted by atomic mass is 9.92. The van der Waals surface area contributed by atoms with E-state index >= 15 is 0 Å². The first kappa shape index (κ1) is 36.8. The van der Waals surface area contributed by atoms with Gasteiger partial charge in [0.05, 0.1) is 16.7 Å². The van der Waals surface area contributed by atoms with Crippen LogP contribution in [0.3, 0.4) is 0 Å². The van der Waals surface area contributed by atoms with E-state index < -0.39 is 0 Å². The third-order valence-corrected chi connectivity index (χ3v) is 12.0. The van der Waals surface area contributed by atoms with E-state index in [4.69, 9.17) is 0 Å². The molecule has 2 nitrogen and oxygen atoms in total. The highest BCUT2D eigenvalue weighted by molar-refractivity contribution is 6.11. The van der Waals surface area contributed by atoms with Crippen molar-refractivity contribution in [3.8, 4) is 61.3 Å². The zero-order valence-corrected chi connectivity index (χ0v) is 34.1. The van der Waals surface area contributed by atoms with Gasteiger partial charge in [-0.2, -0.15) is 0 Å². The molecule has 0 saturated heterocycles. The molecular weight excluding hydrogens is 749 g/mol. The molecule has 0 saturated carbocycles. The van der Waals surface area contributed by atoms with Gasteiger partial charge in [0.25, 0.3) is 0 Å². The van der Waals surface area contributed by atoms with Crippen molar-refractivity contribution < 1.29 is 0 Å². The molecule has 0 amide bonds. The topological polar surface area (TPSA) is 8.17 Å². The molecule has 62 heavy (non-hydrogen) atoms. The normalized spacial score (nSPS) is 11.2. The zero-order valence-electron chi connectivity index (χ0n) is 34.1. The second kappa shape index (κ2) is 16.1. The van der Waals surface area contributed by atoms with Crippen molar-refractivity contribution in [2.24, 2.45) is 0 Å². The number of benzene rings is 10. The Balaban J connectivity index is 1.12. The van der Waals surface area contributed by atoms with Crippen molar-refractivity contribution in [1.29, 1.82) is 0 Å². The summed E-state index contributed by atoms with van der Waals surface area (Å²) in [7, 11) is 0. The van der Waals surface area contributed by atoms with Gasteiger partial charge in [0, 0.05) is 33.4 Å². The number of fused-ring (bicyclic) bond motifs is 3. The summed E-state index contributed by atoms with van der Waals surface area (Å²) in [5, 5.41) is 2.43. The minimum Gasteiger partial charge on any atom is -0.310 e. The van der Waals surface area contributed by atoms with E-state index in [2.05, 4.69) is 264 Å². The highest BCUT2D eigenvalue weighted by atomic mass is 15.1. The van der Waals surface area contributed by atoms with Crippen LogP contribution in [0, 0.1) is 0 Å². The van der Waals surface area contributed by atoms with Crippen LogP contribution in [0.4, 0.5) is 17.1 Å². The molecular formula is C60H42N2. The molecule has 1 heterocycles. The first-order chi connectivity index (χ1) is 30.8. The summed E-state index contributed by atoms with van der Waals surface area (Å²) < 4.78 is 2.48. The number of para-hydroxylation sites is 2. The van der Waals surface area contributed by atoms with Gasteiger partial charge < -0.3 is 9.47 Å². The van der Waals surface area contributed by atoms with E-state index in [-0.39, 0.29) is 0 Å². The van der Waals surface area contributed by atoms with Gasteiger partial charge in [-0.25, -0.2) is 0 Å². The third kappa shape index (κ3) is 6.74. The van der Waals surface area contributed by atoms with Gasteiger partial charge in [-0.15, -0.1) is 0 Å². The molecule has 0 N–H and O–H groups in total. The standard InChI is InChI=1S/C60H42N2/c1-6-19-43(20-7-1)44-33-35-47(36-34-44)52-39-37-50(41-56(52)46-23-10-3-11-24-46)61(49-27-14-5-15-28-49)51-38-40-55-54-29-16-17-31-57(54)62(59(55)42-51)58-32-18-30-53(45-21-8-2-9-22-45)60(58)48-25-12-4-13-26-48/h1-42H. The van der Waals surface area contributed by atoms with Crippen molar-refractivity contribution in [1.82, 2.24) is 4.57 Å². The van der Waals surface area contributed by atoms with Crippen molar-refractivity contribution in [2.45, 2.75) is 0 Å². The molecule has 0 unspecified atom stereocenters. The highest BCUT2D eigenvalue weighted by Gasteiger charge is 2.22. The highest BCUT2D eigenvalue weighted by Crippen LogP contribution is 2.45. The summed E-state index contributed by atoms with van der Waals surface area (Å²) in [6, 6.07) is 92.1. The quantitative estimate of drug-likeness (QED) is 0.141. The summed E-state index contributed by atoms with van der Waals surface area (Å²) in [4.78, 5) is 2.40. The molecule has 11 aromatic rings. The van der Waals surface area contributed by atoms with E-state index in [0.29, 0.717) is 0 Å². The number of anilines is 3. The summed E-state index contributed by atoms with van der Waals surface area (Å²) in [5.41, 5.74) is 18.6. The minimum atomic E-state index is 1.08. The molecule has 292 valence electrons. The fraction of sp³-hybridized carbons (Fsp3) is 0. The molecule has 0 atom stereocenters. The minimum absolute atomic E-state index is 1.08. The molecule has 0 radical (unpaired) electrons. The summed E-state index contributed by atoms with van der Waals surface area (Å²) in [6.45, 7) is 0. The van der Waals surface area contributed by atoms with Gasteiger partial charge in [0.1, 0.15) is 0 Å². The van der Waals surface area contributed by atoms with Gasteiger partial charge in [0.15, 0.2) is 0 Å². The van der Waals surface area contributed by atoms with Crippen molar-refractivity contribution in [2.75, 3.05) is 4.90 Å². The van der Waals surface area contributed by atoms with E-state index in [1.54, 1.807) is 0 Å². The number of rotatable bonds is 9. The van der Waals surface area contributed by atoms with Crippen LogP contribution < -0.4 is 4.90 Å². The Hall–Kier alpha value is -8.20. The first-order valence-electron chi connectivity index (χ1n) is 21.3. The maximum atomic E-state index is 2.48. The number of aromatic nitrogens is 1. The lowest BCUT2D eigenvalue weighted by Crippen LogP contribution is -2.10. The van der Waals surface area contributed by atoms with Crippen LogP contribution in [0.15, 0.2) is 255 Å². The Morgan fingerprint density at radius 3 is 1.42 bits per heavy atom. The van der Waals surface area contributed by atoms with Crippen LogP contribution in [0.2, 0.25) is 0 Å². The van der Waals surface area contributed by atoms with Crippen molar-refractivity contribution >= 4 is 38.9 Å². The lowest BCUT2D eigenvalue weighted by Gasteiger charge is -2.27. The third-order valence-electron chi connectivity index (χ3n) is 12.0. The van der Waals surface area contributed by atoms with Crippen LogP contribution >= 0.6 is 0 Å². The average molecular weight is 791 g/mol. The van der Waals surface area contributed by atoms with Crippen LogP contribution in [0.25, 0.3) is 83.1 Å². The van der Waals surface area contributed by atoms with Gasteiger partial charge in [-0.1, -0.05) is 206 Å². The molecule has 0 aliphatic heterocycles. The van der Waals surface area contributed by atoms with Crippen molar-refractivity contribution in [3.63, 3.8) is 0 Å². The molecule has 0 spiro atoms. The summed E-state index contributed by atoms with van der Waals surface area (Å²) >= 11 is 0. The van der Waals surface area contributed by atoms with Crippen molar-refractivity contribution in [3.05, 3.63) is 255 Å². The number of nitrogens with zero attached hydrogens (tertiary/aromatic N) is 2. The first-order valence-corrected chi connectivity index (χ1v) is 21.3. The van der Waals surface area contributed by atoms with Gasteiger partial charge in [-0.3, -0.25) is 0 Å². The summed E-state index contributed by atoms with van der Waals surface area (Å²) in [5.74, 6) is 0. The SMILES string of the molecule is c1ccc(-c2ccc(-c3ccc(N(c4ccccc4)c4ccc5c6ccccc6n(-c6cccc(-c7ccccc7)c6-c6ccccc6)c5c4)cc3-c3ccccc3)cc2)cc1. The largest absolute Gasteiger partial charge is 0.310 e. The van der Waals surface area contributed by atoms with Gasteiger partial charge >= 0.3 is 0 Å². The fourth-order valence-corrected chi connectivity index (χ4v) is 9.13. The maximum Gasteiger partial charge on any atom is 0.0562 e. The molecule has 2 heteroatoms. The van der Waals surface area contributed by atoms with Crippen LogP contribution in [0.5, 0.6) is 0 Å². The predicted molar refractivity (Wildman–Crippen MR) is 263 cm³/mol. The Morgan fingerprint density at radius 2 is 0.742 bits per heavy atom. The lowest BCUT2D eigenvalue weighted by molar-refractivity contribution is 1.18. The average Bonchev–Trinajstić information content (AvgIpc) is 3.69. The van der Waals surface area contributed by atoms with Crippen LogP contribution in [-0.4, -0.2) is 4.57 Å². The summed E-state index contributed by atoms with van der Waals surface area (Å²) in [6.07, 6.45) is 0. The maximum absolute atomic E-state index is 2.48. The monoisotopic (exact) mass is 790 g/mol. The second-order valence-corrected chi connectivity index (χ2v) is 15.7. The smallest absolute Gasteiger partial charge is 0.0562 e. The Kier molecular flexibility index (Phi) is 9.57.